The van der Waals surface area contributed by atoms with Crippen molar-refractivity contribution in [3.8, 4) is 0 Å². The SMILES string of the molecule is CC(SCCSC(F)(F)F)C(=O)O. The van der Waals surface area contributed by atoms with Crippen LogP contribution in [0, 0.1) is 0 Å². The molecule has 0 rings (SSSR count). The second kappa shape index (κ2) is 5.64. The van der Waals surface area contributed by atoms with Crippen molar-refractivity contribution < 1.29 is 23.1 Å². The van der Waals surface area contributed by atoms with Gasteiger partial charge >= 0.3 is 11.5 Å². The number of carboxylic acids is 1. The summed E-state index contributed by atoms with van der Waals surface area (Å²) in [6, 6.07) is 0. The summed E-state index contributed by atoms with van der Waals surface area (Å²) >= 11 is 0.878. The smallest absolute Gasteiger partial charge is 0.441 e. The highest BCUT2D eigenvalue weighted by Crippen LogP contribution is 2.30. The number of carboxylic acid groups (broad SMARTS) is 1. The van der Waals surface area contributed by atoms with Crippen molar-refractivity contribution in [3.63, 3.8) is 0 Å². The van der Waals surface area contributed by atoms with Gasteiger partial charge in [-0.15, -0.1) is 11.8 Å². The zero-order valence-electron chi connectivity index (χ0n) is 6.80. The Hall–Kier alpha value is -0.0400. The summed E-state index contributed by atoms with van der Waals surface area (Å²) in [5.74, 6) is -0.911. The van der Waals surface area contributed by atoms with Crippen molar-refractivity contribution in [1.29, 1.82) is 0 Å². The third kappa shape index (κ3) is 8.29. The van der Waals surface area contributed by atoms with E-state index >= 15 is 0 Å². The normalized spacial score (nSPS) is 14.2. The number of aliphatic carboxylic acids is 1. The molecule has 0 aromatic heterocycles. The van der Waals surface area contributed by atoms with Gasteiger partial charge in [0.2, 0.25) is 0 Å². The first kappa shape index (κ1) is 13.0. The molecular formula is C6H9F3O2S2. The quantitative estimate of drug-likeness (QED) is 0.741. The maximum atomic E-state index is 11.6. The Morgan fingerprint density at radius 2 is 2.00 bits per heavy atom. The minimum absolute atomic E-state index is 0.105. The molecule has 0 saturated carbocycles. The fraction of sp³-hybridized carbons (Fsp3) is 0.833. The van der Waals surface area contributed by atoms with Crippen LogP contribution in [0.25, 0.3) is 0 Å². The number of halogens is 3. The van der Waals surface area contributed by atoms with Crippen LogP contribution in [0.4, 0.5) is 13.2 Å². The van der Waals surface area contributed by atoms with Crippen LogP contribution in [-0.2, 0) is 4.79 Å². The third-order valence-corrected chi connectivity index (χ3v) is 3.20. The Morgan fingerprint density at radius 3 is 2.38 bits per heavy atom. The predicted molar refractivity (Wildman–Crippen MR) is 48.1 cm³/mol. The maximum absolute atomic E-state index is 11.6. The Kier molecular flexibility index (Phi) is 5.62. The molecule has 0 saturated heterocycles. The second-order valence-corrected chi connectivity index (χ2v) is 4.75. The first-order chi connectivity index (χ1) is 5.83. The molecule has 0 aromatic carbocycles. The number of hydrogen-bond acceptors (Lipinski definition) is 3. The lowest BCUT2D eigenvalue weighted by molar-refractivity contribution is -0.136. The van der Waals surface area contributed by atoms with Gasteiger partial charge in [0.1, 0.15) is 0 Å². The van der Waals surface area contributed by atoms with Crippen molar-refractivity contribution in [3.05, 3.63) is 0 Å². The molecule has 0 aliphatic carbocycles. The fourth-order valence-corrected chi connectivity index (χ4v) is 1.90. The largest absolute Gasteiger partial charge is 0.480 e. The molecule has 0 radical (unpaired) electrons. The Morgan fingerprint density at radius 1 is 1.46 bits per heavy atom. The van der Waals surface area contributed by atoms with E-state index in [0.29, 0.717) is 0 Å². The molecule has 0 heterocycles. The standard InChI is InChI=1S/C6H9F3O2S2/c1-4(5(10)11)12-2-3-13-6(7,8)9/h4H,2-3H2,1H3,(H,10,11). The molecule has 0 aliphatic rings. The number of thioether (sulfide) groups is 2. The van der Waals surface area contributed by atoms with E-state index in [9.17, 15) is 18.0 Å². The monoisotopic (exact) mass is 234 g/mol. The molecule has 1 unspecified atom stereocenters. The Bertz CT molecular complexity index is 172. The first-order valence-corrected chi connectivity index (χ1v) is 5.41. The van der Waals surface area contributed by atoms with Crippen LogP contribution in [0.2, 0.25) is 0 Å². The van der Waals surface area contributed by atoms with Gasteiger partial charge in [-0.3, -0.25) is 4.79 Å². The average molecular weight is 234 g/mol. The molecule has 1 atom stereocenters. The van der Waals surface area contributed by atoms with E-state index in [1.165, 1.54) is 6.92 Å². The van der Waals surface area contributed by atoms with Gasteiger partial charge in [0.25, 0.3) is 0 Å². The molecule has 0 spiro atoms. The van der Waals surface area contributed by atoms with Crippen molar-refractivity contribution in [2.45, 2.75) is 17.7 Å². The third-order valence-electron chi connectivity index (χ3n) is 1.06. The highest BCUT2D eigenvalue weighted by Gasteiger charge is 2.27. The van der Waals surface area contributed by atoms with Crippen molar-refractivity contribution in [1.82, 2.24) is 0 Å². The van der Waals surface area contributed by atoms with Crippen LogP contribution in [-0.4, -0.2) is 33.3 Å². The zero-order chi connectivity index (χ0) is 10.5. The number of hydrogen-bond donors (Lipinski definition) is 1. The van der Waals surface area contributed by atoms with Crippen molar-refractivity contribution in [2.24, 2.45) is 0 Å². The number of carbonyl (C=O) groups is 1. The molecule has 0 fully saturated rings. The van der Waals surface area contributed by atoms with Gasteiger partial charge in [-0.1, -0.05) is 11.8 Å². The van der Waals surface area contributed by atoms with Crippen LogP contribution in [0.15, 0.2) is 0 Å². The summed E-state index contributed by atoms with van der Waals surface area (Å²) in [5, 5.41) is 7.75. The van der Waals surface area contributed by atoms with E-state index in [1.807, 2.05) is 0 Å². The van der Waals surface area contributed by atoms with E-state index in [1.54, 1.807) is 0 Å². The highest BCUT2D eigenvalue weighted by molar-refractivity contribution is 8.03. The van der Waals surface area contributed by atoms with E-state index in [0.717, 1.165) is 11.8 Å². The van der Waals surface area contributed by atoms with Gasteiger partial charge in [0, 0.05) is 11.5 Å². The summed E-state index contributed by atoms with van der Waals surface area (Å²) in [6.07, 6.45) is 0. The van der Waals surface area contributed by atoms with Crippen molar-refractivity contribution >= 4 is 29.5 Å². The molecule has 13 heavy (non-hydrogen) atoms. The topological polar surface area (TPSA) is 37.3 Å². The minimum atomic E-state index is -4.22. The predicted octanol–water partition coefficient (Wildman–Crippen LogP) is 2.45. The molecule has 1 N–H and O–H groups in total. The summed E-state index contributed by atoms with van der Waals surface area (Å²) in [7, 11) is 0. The lowest BCUT2D eigenvalue weighted by Crippen LogP contribution is -2.13. The summed E-state index contributed by atoms with van der Waals surface area (Å²) in [6.45, 7) is 1.45. The van der Waals surface area contributed by atoms with Crippen LogP contribution < -0.4 is 0 Å². The van der Waals surface area contributed by atoms with Crippen LogP contribution in [0.1, 0.15) is 6.92 Å². The first-order valence-electron chi connectivity index (χ1n) is 3.38. The molecule has 0 amide bonds. The van der Waals surface area contributed by atoms with Gasteiger partial charge in [0.05, 0.1) is 5.25 Å². The Balaban J connectivity index is 3.41. The lowest BCUT2D eigenvalue weighted by Gasteiger charge is -2.07. The zero-order valence-corrected chi connectivity index (χ0v) is 8.43. The molecule has 0 aromatic rings. The van der Waals surface area contributed by atoms with Crippen LogP contribution in [0.3, 0.4) is 0 Å². The summed E-state index contributed by atoms with van der Waals surface area (Å²) in [4.78, 5) is 10.2. The maximum Gasteiger partial charge on any atom is 0.441 e. The Labute approximate surface area is 82.3 Å². The summed E-state index contributed by atoms with van der Waals surface area (Å²) < 4.78 is 34.7. The summed E-state index contributed by atoms with van der Waals surface area (Å²) in [5.41, 5.74) is -4.22. The molecule has 78 valence electrons. The second-order valence-electron chi connectivity index (χ2n) is 2.15. The van der Waals surface area contributed by atoms with Crippen molar-refractivity contribution in [2.75, 3.05) is 11.5 Å². The van der Waals surface area contributed by atoms with E-state index in [4.69, 9.17) is 5.11 Å². The van der Waals surface area contributed by atoms with Crippen LogP contribution >= 0.6 is 23.5 Å². The van der Waals surface area contributed by atoms with E-state index in [2.05, 4.69) is 0 Å². The molecule has 7 heteroatoms. The fourth-order valence-electron chi connectivity index (χ4n) is 0.454. The van der Waals surface area contributed by atoms with Gasteiger partial charge in [-0.25, -0.2) is 0 Å². The molecule has 0 aliphatic heterocycles. The van der Waals surface area contributed by atoms with E-state index < -0.39 is 16.7 Å². The van der Waals surface area contributed by atoms with Gasteiger partial charge in [0.15, 0.2) is 0 Å². The lowest BCUT2D eigenvalue weighted by atomic mass is 10.5. The highest BCUT2D eigenvalue weighted by atomic mass is 32.2. The molecule has 2 nitrogen and oxygen atoms in total. The molecule has 0 bridgehead atoms. The van der Waals surface area contributed by atoms with E-state index in [-0.39, 0.29) is 23.3 Å². The van der Waals surface area contributed by atoms with Gasteiger partial charge in [-0.2, -0.15) is 13.2 Å². The van der Waals surface area contributed by atoms with Crippen LogP contribution in [0.5, 0.6) is 0 Å². The average Bonchev–Trinajstić information content (AvgIpc) is 1.95. The number of alkyl halides is 3. The van der Waals surface area contributed by atoms with Gasteiger partial charge in [-0.05, 0) is 6.92 Å². The minimum Gasteiger partial charge on any atom is -0.480 e. The number of rotatable bonds is 5. The van der Waals surface area contributed by atoms with Gasteiger partial charge < -0.3 is 5.11 Å². The molecular weight excluding hydrogens is 225 g/mol.